The van der Waals surface area contributed by atoms with Gasteiger partial charge in [-0.15, -0.1) is 11.8 Å². The van der Waals surface area contributed by atoms with Crippen molar-refractivity contribution in [2.24, 2.45) is 0 Å². The minimum Gasteiger partial charge on any atom is -0.351 e. The van der Waals surface area contributed by atoms with E-state index in [2.05, 4.69) is 5.32 Å². The molecule has 0 atom stereocenters. The number of nitrogens with zero attached hydrogens (tertiary/aromatic N) is 2. The van der Waals surface area contributed by atoms with E-state index >= 15 is 0 Å². The van der Waals surface area contributed by atoms with Gasteiger partial charge in [0, 0.05) is 30.6 Å². The third-order valence-electron chi connectivity index (χ3n) is 4.06. The van der Waals surface area contributed by atoms with E-state index in [1.54, 1.807) is 60.3 Å². The van der Waals surface area contributed by atoms with E-state index in [9.17, 15) is 13.2 Å². The number of anilines is 1. The van der Waals surface area contributed by atoms with Gasteiger partial charge in [0.25, 0.3) is 15.9 Å². The molecule has 2 rings (SSSR count). The van der Waals surface area contributed by atoms with Crippen molar-refractivity contribution in [3.05, 3.63) is 54.1 Å². The summed E-state index contributed by atoms with van der Waals surface area (Å²) in [5.74, 6) is -0.179. The van der Waals surface area contributed by atoms with Crippen LogP contribution in [0.25, 0.3) is 0 Å². The molecular formula is C19H25N3O3S2. The monoisotopic (exact) mass is 407 g/mol. The summed E-state index contributed by atoms with van der Waals surface area (Å²) in [5, 5.41) is 2.83. The molecule has 0 spiro atoms. The van der Waals surface area contributed by atoms with Crippen LogP contribution in [0.1, 0.15) is 10.4 Å². The van der Waals surface area contributed by atoms with E-state index in [1.807, 2.05) is 25.3 Å². The fourth-order valence-electron chi connectivity index (χ4n) is 2.36. The number of hydrogen-bond acceptors (Lipinski definition) is 5. The Labute approximate surface area is 165 Å². The summed E-state index contributed by atoms with van der Waals surface area (Å²) in [6.45, 7) is 1.30. The molecule has 0 aliphatic heterocycles. The van der Waals surface area contributed by atoms with Gasteiger partial charge in [-0.3, -0.25) is 9.10 Å². The maximum atomic E-state index is 12.8. The minimum absolute atomic E-state index is 0.179. The van der Waals surface area contributed by atoms with Crippen molar-refractivity contribution in [3.8, 4) is 0 Å². The first-order chi connectivity index (χ1) is 12.8. The molecule has 146 valence electrons. The first-order valence-corrected chi connectivity index (χ1v) is 11.1. The molecule has 0 bridgehead atoms. The number of carbonyl (C=O) groups is 1. The van der Waals surface area contributed by atoms with Crippen molar-refractivity contribution in [1.82, 2.24) is 10.2 Å². The molecule has 0 aliphatic rings. The van der Waals surface area contributed by atoms with Gasteiger partial charge < -0.3 is 10.2 Å². The standard InChI is InChI=1S/C19H25N3O3S2/c1-21(2)14-13-20-19(23)15-5-7-16(8-6-15)22(3)27(24,25)18-11-9-17(26-4)10-12-18/h5-12H,13-14H2,1-4H3,(H,20,23). The second-order valence-electron chi connectivity index (χ2n) is 6.25. The summed E-state index contributed by atoms with van der Waals surface area (Å²) in [6, 6.07) is 13.3. The van der Waals surface area contributed by atoms with Crippen molar-refractivity contribution < 1.29 is 13.2 Å². The number of likely N-dealkylation sites (N-methyl/N-ethyl adjacent to an activating group) is 1. The van der Waals surface area contributed by atoms with E-state index in [4.69, 9.17) is 0 Å². The molecule has 0 aliphatic carbocycles. The number of benzene rings is 2. The van der Waals surface area contributed by atoms with Crippen LogP contribution in [0, 0.1) is 0 Å². The third kappa shape index (κ3) is 5.47. The second kappa shape index (κ2) is 9.25. The van der Waals surface area contributed by atoms with Crippen molar-refractivity contribution in [1.29, 1.82) is 0 Å². The van der Waals surface area contributed by atoms with E-state index in [0.29, 0.717) is 17.8 Å². The van der Waals surface area contributed by atoms with Gasteiger partial charge >= 0.3 is 0 Å². The third-order valence-corrected chi connectivity index (χ3v) is 6.60. The quantitative estimate of drug-likeness (QED) is 0.681. The highest BCUT2D eigenvalue weighted by atomic mass is 32.2. The molecule has 0 saturated heterocycles. The van der Waals surface area contributed by atoms with Crippen molar-refractivity contribution in [3.63, 3.8) is 0 Å². The molecule has 0 saturated carbocycles. The van der Waals surface area contributed by atoms with E-state index in [-0.39, 0.29) is 10.8 Å². The number of sulfonamides is 1. The van der Waals surface area contributed by atoms with Gasteiger partial charge in [0.1, 0.15) is 0 Å². The lowest BCUT2D eigenvalue weighted by molar-refractivity contribution is 0.0951. The number of rotatable bonds is 8. The van der Waals surface area contributed by atoms with Crippen LogP contribution in [-0.2, 0) is 10.0 Å². The van der Waals surface area contributed by atoms with Crippen molar-refractivity contribution in [2.45, 2.75) is 9.79 Å². The fraction of sp³-hybridized carbons (Fsp3) is 0.316. The second-order valence-corrected chi connectivity index (χ2v) is 9.10. The van der Waals surface area contributed by atoms with Crippen LogP contribution in [0.15, 0.2) is 58.3 Å². The molecule has 0 fully saturated rings. The van der Waals surface area contributed by atoms with E-state index < -0.39 is 10.0 Å². The zero-order chi connectivity index (χ0) is 20.0. The molecule has 0 radical (unpaired) electrons. The van der Waals surface area contributed by atoms with E-state index in [1.165, 1.54) is 11.4 Å². The molecular weight excluding hydrogens is 382 g/mol. The Balaban J connectivity index is 2.11. The van der Waals surface area contributed by atoms with Crippen LogP contribution in [0.2, 0.25) is 0 Å². The van der Waals surface area contributed by atoms with Gasteiger partial charge in [0.15, 0.2) is 0 Å². The molecule has 2 aromatic rings. The normalized spacial score (nSPS) is 11.4. The Morgan fingerprint density at radius 1 is 1.00 bits per heavy atom. The summed E-state index contributed by atoms with van der Waals surface area (Å²) in [6.07, 6.45) is 1.94. The van der Waals surface area contributed by atoms with Gasteiger partial charge in [-0.05, 0) is 68.9 Å². The Morgan fingerprint density at radius 3 is 2.11 bits per heavy atom. The van der Waals surface area contributed by atoms with Crippen molar-refractivity contribution in [2.75, 3.05) is 44.8 Å². The molecule has 8 heteroatoms. The highest BCUT2D eigenvalue weighted by Crippen LogP contribution is 2.24. The Kier molecular flexibility index (Phi) is 7.29. The van der Waals surface area contributed by atoms with Gasteiger partial charge in [-0.2, -0.15) is 0 Å². The number of carbonyl (C=O) groups excluding carboxylic acids is 1. The topological polar surface area (TPSA) is 69.7 Å². The highest BCUT2D eigenvalue weighted by Gasteiger charge is 2.21. The van der Waals surface area contributed by atoms with Crippen LogP contribution in [0.4, 0.5) is 5.69 Å². The Morgan fingerprint density at radius 2 is 1.59 bits per heavy atom. The number of nitrogens with one attached hydrogen (secondary N) is 1. The van der Waals surface area contributed by atoms with Gasteiger partial charge in [-0.1, -0.05) is 0 Å². The highest BCUT2D eigenvalue weighted by molar-refractivity contribution is 7.98. The summed E-state index contributed by atoms with van der Waals surface area (Å²) in [4.78, 5) is 15.3. The van der Waals surface area contributed by atoms with Crippen molar-refractivity contribution >= 4 is 33.4 Å². The predicted octanol–water partition coefficient (Wildman–Crippen LogP) is 2.53. The van der Waals surface area contributed by atoms with Gasteiger partial charge in [-0.25, -0.2) is 8.42 Å². The minimum atomic E-state index is -3.66. The predicted molar refractivity (Wildman–Crippen MR) is 111 cm³/mol. The van der Waals surface area contributed by atoms with Crippen LogP contribution < -0.4 is 9.62 Å². The molecule has 0 aromatic heterocycles. The Hall–Kier alpha value is -2.03. The molecule has 1 N–H and O–H groups in total. The lowest BCUT2D eigenvalue weighted by Crippen LogP contribution is -2.31. The molecule has 0 unspecified atom stereocenters. The first kappa shape index (κ1) is 21.3. The van der Waals surface area contributed by atoms with Crippen LogP contribution in [0.5, 0.6) is 0 Å². The summed E-state index contributed by atoms with van der Waals surface area (Å²) >= 11 is 1.56. The lowest BCUT2D eigenvalue weighted by Gasteiger charge is -2.20. The molecule has 2 aromatic carbocycles. The fourth-order valence-corrected chi connectivity index (χ4v) is 3.97. The summed E-state index contributed by atoms with van der Waals surface area (Å²) in [7, 11) is 1.72. The molecule has 27 heavy (non-hydrogen) atoms. The van der Waals surface area contributed by atoms with Gasteiger partial charge in [0.05, 0.1) is 10.6 Å². The maximum absolute atomic E-state index is 12.8. The largest absolute Gasteiger partial charge is 0.351 e. The number of amides is 1. The average Bonchev–Trinajstić information content (AvgIpc) is 2.67. The zero-order valence-electron chi connectivity index (χ0n) is 16.0. The smallest absolute Gasteiger partial charge is 0.264 e. The summed E-state index contributed by atoms with van der Waals surface area (Å²) in [5.41, 5.74) is 0.987. The number of thioether (sulfide) groups is 1. The number of hydrogen-bond donors (Lipinski definition) is 1. The average molecular weight is 408 g/mol. The molecule has 0 heterocycles. The Bertz CT molecular complexity index is 864. The molecule has 6 nitrogen and oxygen atoms in total. The summed E-state index contributed by atoms with van der Waals surface area (Å²) < 4.78 is 26.8. The lowest BCUT2D eigenvalue weighted by atomic mass is 10.2. The molecule has 1 amide bonds. The SMILES string of the molecule is CSc1ccc(S(=O)(=O)N(C)c2ccc(C(=O)NCCN(C)C)cc2)cc1. The van der Waals surface area contributed by atoms with E-state index in [0.717, 1.165) is 11.4 Å². The zero-order valence-corrected chi connectivity index (χ0v) is 17.6. The maximum Gasteiger partial charge on any atom is 0.264 e. The van der Waals surface area contributed by atoms with Crippen LogP contribution in [-0.4, -0.2) is 59.7 Å². The first-order valence-electron chi connectivity index (χ1n) is 8.41. The van der Waals surface area contributed by atoms with Gasteiger partial charge in [0.2, 0.25) is 0 Å². The van der Waals surface area contributed by atoms with Crippen LogP contribution in [0.3, 0.4) is 0 Å². The van der Waals surface area contributed by atoms with Crippen LogP contribution >= 0.6 is 11.8 Å².